The lowest BCUT2D eigenvalue weighted by Gasteiger charge is -2.05. The van der Waals surface area contributed by atoms with Crippen molar-refractivity contribution in [3.05, 3.63) is 41.6 Å². The van der Waals surface area contributed by atoms with Gasteiger partial charge in [-0.2, -0.15) is 5.26 Å². The molecule has 0 aliphatic heterocycles. The van der Waals surface area contributed by atoms with Crippen molar-refractivity contribution in [2.75, 3.05) is 18.5 Å². The van der Waals surface area contributed by atoms with Gasteiger partial charge in [0.2, 0.25) is 0 Å². The maximum atomic E-state index is 11.8. The number of nitrogens with zero attached hydrogens (tertiary/aromatic N) is 1. The van der Waals surface area contributed by atoms with E-state index in [1.54, 1.807) is 30.3 Å². The van der Waals surface area contributed by atoms with Crippen molar-refractivity contribution in [3.63, 3.8) is 0 Å². The monoisotopic (exact) mass is 273 g/mol. The Hall–Kier alpha value is -2.65. The molecule has 0 atom stereocenters. The SMILES string of the molecule is CC(=O)c1ccc(NC(=O)/C(C#N)=C\NCCO)cc1. The first-order valence-corrected chi connectivity index (χ1v) is 5.95. The average molecular weight is 273 g/mol. The van der Waals surface area contributed by atoms with Crippen LogP contribution in [0, 0.1) is 11.3 Å². The zero-order chi connectivity index (χ0) is 15.0. The predicted octanol–water partition coefficient (Wildman–Crippen LogP) is 0.817. The number of amides is 1. The standard InChI is InChI=1S/C14H15N3O3/c1-10(19)11-2-4-13(5-3-11)17-14(20)12(8-15)9-16-6-7-18/h2-5,9,16,18H,6-7H2,1H3,(H,17,20)/b12-9-. The van der Waals surface area contributed by atoms with Gasteiger partial charge < -0.3 is 15.7 Å². The summed E-state index contributed by atoms with van der Waals surface area (Å²) >= 11 is 0. The summed E-state index contributed by atoms with van der Waals surface area (Å²) in [5.41, 5.74) is 0.932. The van der Waals surface area contributed by atoms with Gasteiger partial charge in [0.25, 0.3) is 5.91 Å². The van der Waals surface area contributed by atoms with Crippen LogP contribution in [-0.4, -0.2) is 29.9 Å². The average Bonchev–Trinajstić information content (AvgIpc) is 2.44. The van der Waals surface area contributed by atoms with Crippen LogP contribution in [-0.2, 0) is 4.79 Å². The van der Waals surface area contributed by atoms with Crippen LogP contribution in [0.2, 0.25) is 0 Å². The van der Waals surface area contributed by atoms with Gasteiger partial charge in [-0.25, -0.2) is 0 Å². The molecule has 0 bridgehead atoms. The van der Waals surface area contributed by atoms with Crippen molar-refractivity contribution in [2.45, 2.75) is 6.92 Å². The van der Waals surface area contributed by atoms with Crippen molar-refractivity contribution in [2.24, 2.45) is 0 Å². The summed E-state index contributed by atoms with van der Waals surface area (Å²) in [6.07, 6.45) is 1.25. The zero-order valence-electron chi connectivity index (χ0n) is 11.0. The summed E-state index contributed by atoms with van der Waals surface area (Å²) in [5.74, 6) is -0.623. The van der Waals surface area contributed by atoms with E-state index >= 15 is 0 Å². The highest BCUT2D eigenvalue weighted by Crippen LogP contribution is 2.11. The van der Waals surface area contributed by atoms with Gasteiger partial charge in [-0.05, 0) is 31.2 Å². The van der Waals surface area contributed by atoms with E-state index in [1.165, 1.54) is 13.1 Å². The van der Waals surface area contributed by atoms with E-state index in [1.807, 2.05) is 0 Å². The molecule has 0 heterocycles. The lowest BCUT2D eigenvalue weighted by molar-refractivity contribution is -0.112. The molecule has 0 saturated carbocycles. The molecule has 3 N–H and O–H groups in total. The van der Waals surface area contributed by atoms with E-state index in [0.29, 0.717) is 11.3 Å². The Morgan fingerprint density at radius 1 is 1.35 bits per heavy atom. The number of Topliss-reactive ketones (excluding diaryl/α,β-unsaturated/α-hetero) is 1. The van der Waals surface area contributed by atoms with Crippen LogP contribution in [0.4, 0.5) is 5.69 Å². The number of anilines is 1. The van der Waals surface area contributed by atoms with Crippen molar-refractivity contribution in [3.8, 4) is 6.07 Å². The molecule has 0 unspecified atom stereocenters. The van der Waals surface area contributed by atoms with Crippen molar-refractivity contribution >= 4 is 17.4 Å². The lowest BCUT2D eigenvalue weighted by Crippen LogP contribution is -2.18. The molecule has 0 fully saturated rings. The van der Waals surface area contributed by atoms with Gasteiger partial charge in [-0.3, -0.25) is 9.59 Å². The van der Waals surface area contributed by atoms with Crippen LogP contribution >= 0.6 is 0 Å². The molecular weight excluding hydrogens is 258 g/mol. The first-order valence-electron chi connectivity index (χ1n) is 5.95. The summed E-state index contributed by atoms with van der Waals surface area (Å²) in [6, 6.07) is 8.13. The maximum Gasteiger partial charge on any atom is 0.267 e. The van der Waals surface area contributed by atoms with Gasteiger partial charge in [0, 0.05) is 24.0 Å². The van der Waals surface area contributed by atoms with Crippen molar-refractivity contribution in [1.29, 1.82) is 5.26 Å². The first kappa shape index (κ1) is 15.4. The fourth-order valence-electron chi connectivity index (χ4n) is 1.37. The van der Waals surface area contributed by atoms with E-state index in [-0.39, 0.29) is 24.5 Å². The number of ketones is 1. The predicted molar refractivity (Wildman–Crippen MR) is 73.9 cm³/mol. The molecule has 0 radical (unpaired) electrons. The molecule has 1 aromatic rings. The second-order valence-electron chi connectivity index (χ2n) is 3.94. The summed E-state index contributed by atoms with van der Waals surface area (Å²) in [6.45, 7) is 1.62. The molecule has 0 aliphatic rings. The van der Waals surface area contributed by atoms with E-state index in [0.717, 1.165) is 0 Å². The topological polar surface area (TPSA) is 102 Å². The minimum Gasteiger partial charge on any atom is -0.395 e. The number of hydrogen-bond acceptors (Lipinski definition) is 5. The Morgan fingerprint density at radius 3 is 2.50 bits per heavy atom. The zero-order valence-corrected chi connectivity index (χ0v) is 11.0. The molecule has 1 aromatic carbocycles. The molecule has 6 heteroatoms. The minimum absolute atomic E-state index is 0.0614. The van der Waals surface area contributed by atoms with Gasteiger partial charge in [-0.1, -0.05) is 0 Å². The van der Waals surface area contributed by atoms with Crippen LogP contribution in [0.3, 0.4) is 0 Å². The fourth-order valence-corrected chi connectivity index (χ4v) is 1.37. The largest absolute Gasteiger partial charge is 0.395 e. The van der Waals surface area contributed by atoms with Crippen LogP contribution in [0.15, 0.2) is 36.0 Å². The number of aliphatic hydroxyl groups is 1. The lowest BCUT2D eigenvalue weighted by atomic mass is 10.1. The molecule has 0 aliphatic carbocycles. The Bertz CT molecular complexity index is 556. The molecule has 1 rings (SSSR count). The van der Waals surface area contributed by atoms with Gasteiger partial charge in [-0.15, -0.1) is 0 Å². The molecule has 1 amide bonds. The van der Waals surface area contributed by atoms with Gasteiger partial charge in [0.1, 0.15) is 11.6 Å². The van der Waals surface area contributed by atoms with Crippen molar-refractivity contribution in [1.82, 2.24) is 5.32 Å². The second-order valence-corrected chi connectivity index (χ2v) is 3.94. The van der Waals surface area contributed by atoms with Gasteiger partial charge >= 0.3 is 0 Å². The second kappa shape index (κ2) is 7.71. The first-order chi connectivity index (χ1) is 9.58. The molecule has 0 aromatic heterocycles. The van der Waals surface area contributed by atoms with Crippen LogP contribution in [0.1, 0.15) is 17.3 Å². The number of aliphatic hydroxyl groups excluding tert-OH is 1. The van der Waals surface area contributed by atoms with Gasteiger partial charge in [0.15, 0.2) is 5.78 Å². The number of carbonyl (C=O) groups is 2. The Morgan fingerprint density at radius 2 is 2.00 bits per heavy atom. The maximum absolute atomic E-state index is 11.8. The molecule has 104 valence electrons. The Kier molecular flexibility index (Phi) is 5.94. The molecular formula is C14H15N3O3. The normalized spacial score (nSPS) is 10.6. The van der Waals surface area contributed by atoms with E-state index < -0.39 is 5.91 Å². The van der Waals surface area contributed by atoms with Gasteiger partial charge in [0.05, 0.1) is 6.61 Å². The van der Waals surface area contributed by atoms with Crippen LogP contribution < -0.4 is 10.6 Å². The molecule has 6 nitrogen and oxygen atoms in total. The summed E-state index contributed by atoms with van der Waals surface area (Å²) in [7, 11) is 0. The number of carbonyl (C=O) groups excluding carboxylic acids is 2. The van der Waals surface area contributed by atoms with Crippen molar-refractivity contribution < 1.29 is 14.7 Å². The Labute approximate surface area is 116 Å². The number of nitrogens with one attached hydrogen (secondary N) is 2. The highest BCUT2D eigenvalue weighted by molar-refractivity contribution is 6.06. The third-order valence-electron chi connectivity index (χ3n) is 2.42. The Balaban J connectivity index is 2.71. The molecule has 20 heavy (non-hydrogen) atoms. The minimum atomic E-state index is -0.562. The molecule has 0 spiro atoms. The smallest absolute Gasteiger partial charge is 0.267 e. The highest BCUT2D eigenvalue weighted by Gasteiger charge is 2.09. The van der Waals surface area contributed by atoms with E-state index in [9.17, 15) is 9.59 Å². The number of nitriles is 1. The van der Waals surface area contributed by atoms with E-state index in [2.05, 4.69) is 10.6 Å². The summed E-state index contributed by atoms with van der Waals surface area (Å²) in [5, 5.41) is 22.6. The summed E-state index contributed by atoms with van der Waals surface area (Å²) < 4.78 is 0. The fraction of sp³-hybridized carbons (Fsp3) is 0.214. The third kappa shape index (κ3) is 4.55. The molecule has 0 saturated heterocycles. The highest BCUT2D eigenvalue weighted by atomic mass is 16.3. The van der Waals surface area contributed by atoms with Crippen LogP contribution in [0.25, 0.3) is 0 Å². The third-order valence-corrected chi connectivity index (χ3v) is 2.42. The quantitative estimate of drug-likeness (QED) is 0.308. The number of benzene rings is 1. The number of hydrogen-bond donors (Lipinski definition) is 3. The van der Waals surface area contributed by atoms with E-state index in [4.69, 9.17) is 10.4 Å². The summed E-state index contributed by atoms with van der Waals surface area (Å²) in [4.78, 5) is 22.9. The number of rotatable bonds is 6. The van der Waals surface area contributed by atoms with Crippen LogP contribution in [0.5, 0.6) is 0 Å².